The molecule has 0 atom stereocenters. The third kappa shape index (κ3) is 3.73. The lowest BCUT2D eigenvalue weighted by molar-refractivity contribution is 0.271. The van der Waals surface area contributed by atoms with E-state index in [1.807, 2.05) is 37.3 Å². The fraction of sp³-hybridized carbons (Fsp3) is 0.353. The zero-order chi connectivity index (χ0) is 15.4. The fourth-order valence-corrected chi connectivity index (χ4v) is 2.12. The standard InChI is InChI=1S/C17H22N2O2/c1-11(2)10-21-14-6-4-13(5-7-14)16-8-12(3)15(9-18)17(20)19-16/h4-8,11H,9-10,18H2,1-3H3,(H,19,20). The minimum atomic E-state index is -0.118. The number of hydrogen-bond acceptors (Lipinski definition) is 3. The van der Waals surface area contributed by atoms with Crippen LogP contribution < -0.4 is 16.0 Å². The lowest BCUT2D eigenvalue weighted by Gasteiger charge is -2.10. The van der Waals surface area contributed by atoms with Crippen molar-refractivity contribution in [2.75, 3.05) is 6.61 Å². The number of aryl methyl sites for hydroxylation is 1. The molecule has 4 heteroatoms. The molecule has 1 aromatic carbocycles. The molecule has 112 valence electrons. The normalized spacial score (nSPS) is 10.9. The smallest absolute Gasteiger partial charge is 0.253 e. The second-order valence-corrected chi connectivity index (χ2v) is 5.61. The van der Waals surface area contributed by atoms with E-state index in [1.54, 1.807) is 0 Å². The van der Waals surface area contributed by atoms with Crippen molar-refractivity contribution in [2.45, 2.75) is 27.3 Å². The van der Waals surface area contributed by atoms with Gasteiger partial charge in [0.2, 0.25) is 0 Å². The van der Waals surface area contributed by atoms with E-state index >= 15 is 0 Å². The largest absolute Gasteiger partial charge is 0.493 e. The molecule has 1 heterocycles. The van der Waals surface area contributed by atoms with Gasteiger partial charge in [0.15, 0.2) is 0 Å². The average molecular weight is 286 g/mol. The van der Waals surface area contributed by atoms with Gasteiger partial charge in [-0.15, -0.1) is 0 Å². The summed E-state index contributed by atoms with van der Waals surface area (Å²) in [6, 6.07) is 9.68. The Kier molecular flexibility index (Phi) is 4.81. The quantitative estimate of drug-likeness (QED) is 0.888. The van der Waals surface area contributed by atoms with Crippen molar-refractivity contribution in [2.24, 2.45) is 11.7 Å². The van der Waals surface area contributed by atoms with Crippen molar-refractivity contribution in [3.63, 3.8) is 0 Å². The maximum Gasteiger partial charge on any atom is 0.253 e. The van der Waals surface area contributed by atoms with Crippen LogP contribution in [0, 0.1) is 12.8 Å². The van der Waals surface area contributed by atoms with E-state index in [9.17, 15) is 4.79 Å². The Balaban J connectivity index is 2.25. The number of aromatic amines is 1. The van der Waals surface area contributed by atoms with E-state index in [2.05, 4.69) is 18.8 Å². The third-order valence-electron chi connectivity index (χ3n) is 3.31. The lowest BCUT2D eigenvalue weighted by Crippen LogP contribution is -2.18. The molecule has 0 fully saturated rings. The summed E-state index contributed by atoms with van der Waals surface area (Å²) in [5, 5.41) is 0. The number of ether oxygens (including phenoxy) is 1. The van der Waals surface area contributed by atoms with Gasteiger partial charge >= 0.3 is 0 Å². The monoisotopic (exact) mass is 286 g/mol. The Labute approximate surface area is 125 Å². The molecule has 0 saturated heterocycles. The third-order valence-corrected chi connectivity index (χ3v) is 3.31. The van der Waals surface area contributed by atoms with Gasteiger partial charge in [-0.3, -0.25) is 4.79 Å². The number of nitrogens with one attached hydrogen (secondary N) is 1. The van der Waals surface area contributed by atoms with Crippen LogP contribution >= 0.6 is 0 Å². The van der Waals surface area contributed by atoms with E-state index in [1.165, 1.54) is 0 Å². The van der Waals surface area contributed by atoms with E-state index in [-0.39, 0.29) is 12.1 Å². The van der Waals surface area contributed by atoms with Gasteiger partial charge in [0.25, 0.3) is 5.56 Å². The Morgan fingerprint density at radius 3 is 2.43 bits per heavy atom. The zero-order valence-corrected chi connectivity index (χ0v) is 12.8. The van der Waals surface area contributed by atoms with Crippen molar-refractivity contribution in [1.29, 1.82) is 0 Å². The molecule has 2 aromatic rings. The van der Waals surface area contributed by atoms with Crippen LogP contribution in [-0.2, 0) is 6.54 Å². The van der Waals surface area contributed by atoms with Crippen LogP contribution in [0.5, 0.6) is 5.75 Å². The molecule has 0 radical (unpaired) electrons. The van der Waals surface area contributed by atoms with Gasteiger partial charge < -0.3 is 15.5 Å². The molecule has 1 aromatic heterocycles. The van der Waals surface area contributed by atoms with E-state index in [0.717, 1.165) is 22.6 Å². The summed E-state index contributed by atoms with van der Waals surface area (Å²) in [7, 11) is 0. The molecule has 0 amide bonds. The molecule has 2 rings (SSSR count). The van der Waals surface area contributed by atoms with Crippen molar-refractivity contribution < 1.29 is 4.74 Å². The molecule has 0 aliphatic carbocycles. The molecule has 0 aliphatic rings. The Bertz CT molecular complexity index is 657. The highest BCUT2D eigenvalue weighted by Crippen LogP contribution is 2.21. The molecule has 0 bridgehead atoms. The second kappa shape index (κ2) is 6.59. The van der Waals surface area contributed by atoms with Gasteiger partial charge in [-0.25, -0.2) is 0 Å². The number of nitrogens with two attached hydrogens (primary N) is 1. The Morgan fingerprint density at radius 1 is 1.24 bits per heavy atom. The summed E-state index contributed by atoms with van der Waals surface area (Å²) in [6.45, 7) is 7.08. The molecule has 21 heavy (non-hydrogen) atoms. The van der Waals surface area contributed by atoms with Crippen LogP contribution in [0.25, 0.3) is 11.3 Å². The predicted octanol–water partition coefficient (Wildman–Crippen LogP) is 2.84. The van der Waals surface area contributed by atoms with Crippen LogP contribution in [0.1, 0.15) is 25.0 Å². The van der Waals surface area contributed by atoms with Gasteiger partial charge in [-0.2, -0.15) is 0 Å². The van der Waals surface area contributed by atoms with Crippen LogP contribution in [0.2, 0.25) is 0 Å². The summed E-state index contributed by atoms with van der Waals surface area (Å²) in [5.41, 5.74) is 8.76. The first-order valence-corrected chi connectivity index (χ1v) is 7.17. The molecular formula is C17H22N2O2. The fourth-order valence-electron chi connectivity index (χ4n) is 2.12. The van der Waals surface area contributed by atoms with Crippen LogP contribution in [0.3, 0.4) is 0 Å². The zero-order valence-electron chi connectivity index (χ0n) is 12.8. The number of aromatic nitrogens is 1. The van der Waals surface area contributed by atoms with Crippen LogP contribution in [0.4, 0.5) is 0 Å². The van der Waals surface area contributed by atoms with Gasteiger partial charge in [-0.1, -0.05) is 13.8 Å². The summed E-state index contributed by atoms with van der Waals surface area (Å²) in [6.07, 6.45) is 0. The van der Waals surface area contributed by atoms with Crippen molar-refractivity contribution in [3.05, 3.63) is 51.8 Å². The Hall–Kier alpha value is -2.07. The molecule has 4 nitrogen and oxygen atoms in total. The first kappa shape index (κ1) is 15.3. The lowest BCUT2D eigenvalue weighted by atomic mass is 10.1. The minimum Gasteiger partial charge on any atom is -0.493 e. The Morgan fingerprint density at radius 2 is 1.90 bits per heavy atom. The van der Waals surface area contributed by atoms with Gasteiger partial charge in [0, 0.05) is 17.8 Å². The van der Waals surface area contributed by atoms with E-state index in [0.29, 0.717) is 18.1 Å². The van der Waals surface area contributed by atoms with Crippen LogP contribution in [0.15, 0.2) is 35.1 Å². The maximum atomic E-state index is 11.9. The molecule has 0 unspecified atom stereocenters. The summed E-state index contributed by atoms with van der Waals surface area (Å²) in [5.74, 6) is 1.33. The summed E-state index contributed by atoms with van der Waals surface area (Å²) >= 11 is 0. The molecule has 0 saturated carbocycles. The number of rotatable bonds is 5. The average Bonchev–Trinajstić information content (AvgIpc) is 2.45. The SMILES string of the molecule is Cc1cc(-c2ccc(OCC(C)C)cc2)[nH]c(=O)c1CN. The minimum absolute atomic E-state index is 0.118. The molecular weight excluding hydrogens is 264 g/mol. The second-order valence-electron chi connectivity index (χ2n) is 5.61. The highest BCUT2D eigenvalue weighted by Gasteiger charge is 2.06. The van der Waals surface area contributed by atoms with Gasteiger partial charge in [-0.05, 0) is 54.3 Å². The first-order valence-electron chi connectivity index (χ1n) is 7.17. The van der Waals surface area contributed by atoms with E-state index in [4.69, 9.17) is 10.5 Å². The molecule has 0 spiro atoms. The maximum absolute atomic E-state index is 11.9. The molecule has 0 aliphatic heterocycles. The van der Waals surface area contributed by atoms with E-state index < -0.39 is 0 Å². The first-order chi connectivity index (χ1) is 10.0. The van der Waals surface area contributed by atoms with Gasteiger partial charge in [0.1, 0.15) is 5.75 Å². The number of benzene rings is 1. The van der Waals surface area contributed by atoms with Crippen LogP contribution in [-0.4, -0.2) is 11.6 Å². The van der Waals surface area contributed by atoms with Crippen molar-refractivity contribution in [3.8, 4) is 17.0 Å². The van der Waals surface area contributed by atoms with Crippen molar-refractivity contribution in [1.82, 2.24) is 4.98 Å². The highest BCUT2D eigenvalue weighted by molar-refractivity contribution is 5.61. The van der Waals surface area contributed by atoms with Crippen molar-refractivity contribution >= 4 is 0 Å². The number of pyridine rings is 1. The summed E-state index contributed by atoms with van der Waals surface area (Å²) < 4.78 is 5.65. The molecule has 3 N–H and O–H groups in total. The summed E-state index contributed by atoms with van der Waals surface area (Å²) in [4.78, 5) is 14.8. The predicted molar refractivity (Wildman–Crippen MR) is 85.5 cm³/mol. The number of hydrogen-bond donors (Lipinski definition) is 2. The van der Waals surface area contributed by atoms with Gasteiger partial charge in [0.05, 0.1) is 6.61 Å². The number of H-pyrrole nitrogens is 1. The highest BCUT2D eigenvalue weighted by atomic mass is 16.5. The topological polar surface area (TPSA) is 68.1 Å².